The van der Waals surface area contributed by atoms with E-state index < -0.39 is 5.60 Å². The second kappa shape index (κ2) is 4.14. The summed E-state index contributed by atoms with van der Waals surface area (Å²) in [5, 5.41) is 10.6. The van der Waals surface area contributed by atoms with Crippen molar-refractivity contribution in [3.05, 3.63) is 11.8 Å². The first kappa shape index (κ1) is 11.0. The molecule has 15 heavy (non-hydrogen) atoms. The lowest BCUT2D eigenvalue weighted by Gasteiger charge is -2.42. The number of aliphatic hydroxyl groups is 1. The molecular weight excluding hydrogens is 190 g/mol. The van der Waals surface area contributed by atoms with Gasteiger partial charge in [0.2, 0.25) is 0 Å². The zero-order chi connectivity index (χ0) is 10.9. The maximum absolute atomic E-state index is 10.6. The lowest BCUT2D eigenvalue weighted by atomic mass is 9.79. The second-order valence-corrected chi connectivity index (χ2v) is 4.93. The van der Waals surface area contributed by atoms with Gasteiger partial charge >= 0.3 is 0 Å². The van der Waals surface area contributed by atoms with Crippen molar-refractivity contribution in [1.82, 2.24) is 4.90 Å². The van der Waals surface area contributed by atoms with Crippen LogP contribution >= 0.6 is 0 Å². The average Bonchev–Trinajstić information content (AvgIpc) is 2.26. The van der Waals surface area contributed by atoms with E-state index in [2.05, 4.69) is 18.9 Å². The van der Waals surface area contributed by atoms with E-state index in [1.165, 1.54) is 0 Å². The Morgan fingerprint density at radius 1 is 1.60 bits per heavy atom. The topological polar surface area (TPSA) is 32.7 Å². The second-order valence-electron chi connectivity index (χ2n) is 4.93. The minimum Gasteiger partial charge on any atom is -0.501 e. The third-order valence-corrected chi connectivity index (χ3v) is 3.80. The summed E-state index contributed by atoms with van der Waals surface area (Å²) in [5.41, 5.74) is 0.500. The lowest BCUT2D eigenvalue weighted by Crippen LogP contribution is -2.48. The van der Waals surface area contributed by atoms with Crippen LogP contribution in [0.4, 0.5) is 0 Å². The molecule has 1 N–H and O–H groups in total. The molecule has 1 fully saturated rings. The molecule has 2 aliphatic rings. The summed E-state index contributed by atoms with van der Waals surface area (Å²) in [6, 6.07) is 0.451. The van der Waals surface area contributed by atoms with E-state index in [1.54, 1.807) is 6.26 Å². The highest BCUT2D eigenvalue weighted by Gasteiger charge is 2.38. The van der Waals surface area contributed by atoms with Gasteiger partial charge in [0.05, 0.1) is 18.5 Å². The van der Waals surface area contributed by atoms with E-state index in [0.717, 1.165) is 44.4 Å². The van der Waals surface area contributed by atoms with Crippen LogP contribution in [-0.2, 0) is 4.74 Å². The molecule has 2 unspecified atom stereocenters. The van der Waals surface area contributed by atoms with Gasteiger partial charge in [0.15, 0.2) is 0 Å². The molecule has 2 aliphatic heterocycles. The standard InChI is InChI=1S/C12H21NO2/c1-10-8-12(14,5-6-13(10)2)11-4-3-7-15-9-11/h9-10,14H,3-8H2,1-2H3. The maximum Gasteiger partial charge on any atom is 0.0916 e. The molecule has 2 rings (SSSR count). The fourth-order valence-corrected chi connectivity index (χ4v) is 2.53. The lowest BCUT2D eigenvalue weighted by molar-refractivity contribution is -0.0149. The van der Waals surface area contributed by atoms with Gasteiger partial charge in [-0.15, -0.1) is 0 Å². The van der Waals surface area contributed by atoms with Crippen molar-refractivity contribution in [3.8, 4) is 0 Å². The molecule has 0 aromatic carbocycles. The van der Waals surface area contributed by atoms with E-state index in [4.69, 9.17) is 4.74 Å². The Labute approximate surface area is 91.7 Å². The highest BCUT2D eigenvalue weighted by Crippen LogP contribution is 2.35. The van der Waals surface area contributed by atoms with Crippen LogP contribution in [0.15, 0.2) is 11.8 Å². The highest BCUT2D eigenvalue weighted by molar-refractivity contribution is 5.18. The number of ether oxygens (including phenoxy) is 1. The van der Waals surface area contributed by atoms with Crippen molar-refractivity contribution >= 4 is 0 Å². The minimum atomic E-state index is -0.605. The molecule has 3 heteroatoms. The molecule has 2 atom stereocenters. The van der Waals surface area contributed by atoms with Gasteiger partial charge in [-0.05, 0) is 45.2 Å². The number of rotatable bonds is 1. The van der Waals surface area contributed by atoms with Crippen LogP contribution in [0.3, 0.4) is 0 Å². The predicted octanol–water partition coefficient (Wildman–Crippen LogP) is 1.53. The third kappa shape index (κ3) is 2.18. The molecule has 1 saturated heterocycles. The Kier molecular flexibility index (Phi) is 3.03. The van der Waals surface area contributed by atoms with Crippen LogP contribution in [0.1, 0.15) is 32.6 Å². The summed E-state index contributed by atoms with van der Waals surface area (Å²) in [6.45, 7) is 3.94. The van der Waals surface area contributed by atoms with Gasteiger partial charge < -0.3 is 14.7 Å². The van der Waals surface area contributed by atoms with Crippen LogP contribution in [0, 0.1) is 0 Å². The summed E-state index contributed by atoms with van der Waals surface area (Å²) in [7, 11) is 2.12. The molecule has 0 saturated carbocycles. The van der Waals surface area contributed by atoms with Gasteiger partial charge in [0.1, 0.15) is 0 Å². The highest BCUT2D eigenvalue weighted by atomic mass is 16.5. The Balaban J connectivity index is 2.09. The molecule has 86 valence electrons. The molecule has 0 aromatic rings. The number of piperidine rings is 1. The molecule has 0 bridgehead atoms. The van der Waals surface area contributed by atoms with E-state index in [9.17, 15) is 5.11 Å². The van der Waals surface area contributed by atoms with Crippen LogP contribution < -0.4 is 0 Å². The largest absolute Gasteiger partial charge is 0.501 e. The Hall–Kier alpha value is -0.540. The average molecular weight is 211 g/mol. The van der Waals surface area contributed by atoms with Gasteiger partial charge in [0.25, 0.3) is 0 Å². The van der Waals surface area contributed by atoms with Crippen molar-refractivity contribution in [3.63, 3.8) is 0 Å². The van der Waals surface area contributed by atoms with Gasteiger partial charge in [0, 0.05) is 12.6 Å². The summed E-state index contributed by atoms with van der Waals surface area (Å²) in [4.78, 5) is 2.30. The van der Waals surface area contributed by atoms with Gasteiger partial charge in [-0.25, -0.2) is 0 Å². The monoisotopic (exact) mass is 211 g/mol. The van der Waals surface area contributed by atoms with Gasteiger partial charge in [-0.3, -0.25) is 0 Å². The Bertz CT molecular complexity index is 264. The quantitative estimate of drug-likeness (QED) is 0.714. The van der Waals surface area contributed by atoms with Crippen molar-refractivity contribution in [2.24, 2.45) is 0 Å². The Morgan fingerprint density at radius 2 is 2.40 bits per heavy atom. The van der Waals surface area contributed by atoms with E-state index >= 15 is 0 Å². The molecule has 3 nitrogen and oxygen atoms in total. The van der Waals surface area contributed by atoms with Crippen LogP contribution in [0.25, 0.3) is 0 Å². The van der Waals surface area contributed by atoms with Crippen LogP contribution in [-0.4, -0.2) is 41.8 Å². The number of hydrogen-bond acceptors (Lipinski definition) is 3. The molecule has 0 aliphatic carbocycles. The van der Waals surface area contributed by atoms with E-state index in [0.29, 0.717) is 6.04 Å². The molecule has 0 radical (unpaired) electrons. The van der Waals surface area contributed by atoms with Gasteiger partial charge in [-0.1, -0.05) is 0 Å². The zero-order valence-electron chi connectivity index (χ0n) is 9.70. The molecular formula is C12H21NO2. The normalized spacial score (nSPS) is 38.3. The predicted molar refractivity (Wildman–Crippen MR) is 59.5 cm³/mol. The number of nitrogens with zero attached hydrogens (tertiary/aromatic N) is 1. The Morgan fingerprint density at radius 3 is 3.00 bits per heavy atom. The van der Waals surface area contributed by atoms with E-state index in [-0.39, 0.29) is 0 Å². The van der Waals surface area contributed by atoms with Crippen LogP contribution in [0.5, 0.6) is 0 Å². The SMILES string of the molecule is CC1CC(O)(C2=COCCC2)CCN1C. The molecule has 0 spiro atoms. The fraction of sp³-hybridized carbons (Fsp3) is 0.833. The maximum atomic E-state index is 10.6. The third-order valence-electron chi connectivity index (χ3n) is 3.80. The van der Waals surface area contributed by atoms with Crippen molar-refractivity contribution < 1.29 is 9.84 Å². The molecule has 0 amide bonds. The first-order chi connectivity index (χ1) is 7.12. The van der Waals surface area contributed by atoms with Crippen molar-refractivity contribution in [2.45, 2.75) is 44.2 Å². The first-order valence-corrected chi connectivity index (χ1v) is 5.85. The summed E-state index contributed by atoms with van der Waals surface area (Å²) in [5.74, 6) is 0. The fourth-order valence-electron chi connectivity index (χ4n) is 2.53. The minimum absolute atomic E-state index is 0.451. The van der Waals surface area contributed by atoms with E-state index in [1.807, 2.05) is 0 Å². The zero-order valence-corrected chi connectivity index (χ0v) is 9.70. The first-order valence-electron chi connectivity index (χ1n) is 5.85. The van der Waals surface area contributed by atoms with Crippen molar-refractivity contribution in [1.29, 1.82) is 0 Å². The van der Waals surface area contributed by atoms with Crippen molar-refractivity contribution in [2.75, 3.05) is 20.2 Å². The smallest absolute Gasteiger partial charge is 0.0916 e. The number of likely N-dealkylation sites (tertiary alicyclic amines) is 1. The van der Waals surface area contributed by atoms with Gasteiger partial charge in [-0.2, -0.15) is 0 Å². The van der Waals surface area contributed by atoms with Crippen LogP contribution in [0.2, 0.25) is 0 Å². The molecule has 2 heterocycles. The number of hydrogen-bond donors (Lipinski definition) is 1. The summed E-state index contributed by atoms with van der Waals surface area (Å²) in [6.07, 6.45) is 5.49. The molecule has 0 aromatic heterocycles. The summed E-state index contributed by atoms with van der Waals surface area (Å²) >= 11 is 0. The summed E-state index contributed by atoms with van der Waals surface area (Å²) < 4.78 is 5.33.